The monoisotopic (exact) mass is 187 g/mol. The van der Waals surface area contributed by atoms with Crippen molar-refractivity contribution >= 4 is 11.9 Å². The van der Waals surface area contributed by atoms with Crippen LogP contribution in [-0.4, -0.2) is 23.1 Å². The Labute approximate surface area is 81.0 Å². The second-order valence-electron chi connectivity index (χ2n) is 3.62. The third kappa shape index (κ3) is 2.98. The lowest BCUT2D eigenvalue weighted by Crippen LogP contribution is -2.31. The highest BCUT2D eigenvalue weighted by Gasteiger charge is 2.19. The summed E-state index contributed by atoms with van der Waals surface area (Å²) in [5.74, 6) is 0. The Bertz CT molecular complexity index is 108. The zero-order chi connectivity index (χ0) is 8.81. The van der Waals surface area contributed by atoms with E-state index in [1.807, 2.05) is 11.9 Å². The molecule has 0 N–H and O–H groups in total. The fourth-order valence-electron chi connectivity index (χ4n) is 2.01. The fraction of sp³-hybridized carbons (Fsp3) is 1.00. The van der Waals surface area contributed by atoms with Crippen molar-refractivity contribution in [2.24, 2.45) is 0 Å². The molecule has 0 atom stereocenters. The van der Waals surface area contributed by atoms with Gasteiger partial charge in [-0.3, -0.25) is 0 Å². The van der Waals surface area contributed by atoms with E-state index in [4.69, 9.17) is 0 Å². The summed E-state index contributed by atoms with van der Waals surface area (Å²) in [7, 11) is 0. The van der Waals surface area contributed by atoms with Gasteiger partial charge in [0.25, 0.3) is 0 Å². The van der Waals surface area contributed by atoms with E-state index in [1.54, 1.807) is 0 Å². The largest absolute Gasteiger partial charge is 0.248 e. The molecule has 1 aliphatic rings. The van der Waals surface area contributed by atoms with Crippen molar-refractivity contribution in [2.75, 3.05) is 12.8 Å². The predicted molar refractivity (Wildman–Crippen MR) is 57.4 cm³/mol. The molecule has 0 amide bonds. The molecule has 72 valence electrons. The van der Waals surface area contributed by atoms with Gasteiger partial charge in [0.2, 0.25) is 0 Å². The summed E-state index contributed by atoms with van der Waals surface area (Å²) in [5, 5.41) is 0. The topological polar surface area (TPSA) is 3.24 Å². The van der Waals surface area contributed by atoms with Crippen LogP contribution in [0.1, 0.15) is 45.4 Å². The summed E-state index contributed by atoms with van der Waals surface area (Å²) in [5.41, 5.74) is 0. The summed E-state index contributed by atoms with van der Waals surface area (Å²) >= 11 is 1.93. The number of nitrogens with zero attached hydrogens (tertiary/aromatic N) is 1. The Balaban J connectivity index is 2.29. The first-order valence-corrected chi connectivity index (χ1v) is 6.37. The zero-order valence-corrected chi connectivity index (χ0v) is 9.20. The van der Waals surface area contributed by atoms with E-state index in [0.29, 0.717) is 0 Å². The van der Waals surface area contributed by atoms with Gasteiger partial charge in [-0.25, -0.2) is 4.31 Å². The molecule has 1 aliphatic carbocycles. The third-order valence-corrected chi connectivity index (χ3v) is 3.61. The first-order chi connectivity index (χ1) is 5.88. The third-order valence-electron chi connectivity index (χ3n) is 2.66. The molecule has 1 fully saturated rings. The Kier molecular flexibility index (Phi) is 5.08. The lowest BCUT2D eigenvalue weighted by Gasteiger charge is -2.32. The summed E-state index contributed by atoms with van der Waals surface area (Å²) in [6.07, 6.45) is 10.7. The smallest absolute Gasteiger partial charge is 0.0202 e. The van der Waals surface area contributed by atoms with Crippen LogP contribution in [0.25, 0.3) is 0 Å². The van der Waals surface area contributed by atoms with Crippen LogP contribution in [0, 0.1) is 0 Å². The van der Waals surface area contributed by atoms with Crippen molar-refractivity contribution in [2.45, 2.75) is 51.5 Å². The van der Waals surface area contributed by atoms with Crippen LogP contribution < -0.4 is 0 Å². The van der Waals surface area contributed by atoms with Gasteiger partial charge >= 0.3 is 0 Å². The molecular weight excluding hydrogens is 166 g/mol. The average molecular weight is 187 g/mol. The van der Waals surface area contributed by atoms with Crippen LogP contribution in [0.15, 0.2) is 0 Å². The molecule has 12 heavy (non-hydrogen) atoms. The maximum atomic E-state index is 2.58. The van der Waals surface area contributed by atoms with Crippen molar-refractivity contribution in [3.8, 4) is 0 Å². The molecule has 0 spiro atoms. The molecule has 2 heteroatoms. The standard InChI is InChI=1S/C10H21NS/c1-3-9-11(12-2)10-7-5-4-6-8-10/h10H,3-9H2,1-2H3. The van der Waals surface area contributed by atoms with Crippen LogP contribution in [0.2, 0.25) is 0 Å². The maximum absolute atomic E-state index is 2.58. The molecule has 0 saturated heterocycles. The molecule has 1 rings (SSSR count). The molecule has 0 radical (unpaired) electrons. The lowest BCUT2D eigenvalue weighted by molar-refractivity contribution is 0.273. The molecule has 0 aromatic rings. The summed E-state index contributed by atoms with van der Waals surface area (Å²) in [4.78, 5) is 0. The van der Waals surface area contributed by atoms with Crippen molar-refractivity contribution < 1.29 is 0 Å². The molecule has 0 bridgehead atoms. The van der Waals surface area contributed by atoms with Gasteiger partial charge in [0.05, 0.1) is 0 Å². The van der Waals surface area contributed by atoms with Crippen LogP contribution in [0.3, 0.4) is 0 Å². The van der Waals surface area contributed by atoms with Gasteiger partial charge in [-0.05, 0) is 25.5 Å². The van der Waals surface area contributed by atoms with E-state index in [1.165, 1.54) is 45.1 Å². The normalized spacial score (nSPS) is 20.2. The van der Waals surface area contributed by atoms with Gasteiger partial charge in [-0.2, -0.15) is 0 Å². The first-order valence-electron chi connectivity index (χ1n) is 5.19. The van der Waals surface area contributed by atoms with E-state index in [9.17, 15) is 0 Å². The molecule has 0 heterocycles. The second-order valence-corrected chi connectivity index (χ2v) is 4.45. The van der Waals surface area contributed by atoms with Crippen LogP contribution in [-0.2, 0) is 0 Å². The molecule has 1 saturated carbocycles. The zero-order valence-electron chi connectivity index (χ0n) is 8.38. The van der Waals surface area contributed by atoms with Crippen molar-refractivity contribution in [1.82, 2.24) is 4.31 Å². The molecule has 1 nitrogen and oxygen atoms in total. The van der Waals surface area contributed by atoms with Gasteiger partial charge in [0.15, 0.2) is 0 Å². The van der Waals surface area contributed by atoms with E-state index in [0.717, 1.165) is 6.04 Å². The predicted octanol–water partition coefficient (Wildman–Crippen LogP) is 3.31. The first kappa shape index (κ1) is 10.4. The van der Waals surface area contributed by atoms with Gasteiger partial charge in [-0.1, -0.05) is 38.1 Å². The summed E-state index contributed by atoms with van der Waals surface area (Å²) < 4.78 is 2.58. The highest BCUT2D eigenvalue weighted by Crippen LogP contribution is 2.26. The minimum absolute atomic E-state index is 0.883. The molecule has 0 aromatic heterocycles. The van der Waals surface area contributed by atoms with E-state index < -0.39 is 0 Å². The lowest BCUT2D eigenvalue weighted by atomic mass is 9.95. The Hall–Kier alpha value is 0.310. The summed E-state index contributed by atoms with van der Waals surface area (Å²) in [6.45, 7) is 3.54. The maximum Gasteiger partial charge on any atom is 0.0202 e. The summed E-state index contributed by atoms with van der Waals surface area (Å²) in [6, 6.07) is 0.883. The minimum atomic E-state index is 0.883. The highest BCUT2D eigenvalue weighted by molar-refractivity contribution is 7.96. The van der Waals surface area contributed by atoms with Gasteiger partial charge in [0.1, 0.15) is 0 Å². The molecule has 0 aromatic carbocycles. The molecular formula is C10H21NS. The fourth-order valence-corrected chi connectivity index (χ4v) is 2.89. The van der Waals surface area contributed by atoms with Crippen LogP contribution in [0.4, 0.5) is 0 Å². The van der Waals surface area contributed by atoms with E-state index in [2.05, 4.69) is 17.5 Å². The Morgan fingerprint density at radius 2 is 1.92 bits per heavy atom. The van der Waals surface area contributed by atoms with Gasteiger partial charge in [-0.15, -0.1) is 0 Å². The van der Waals surface area contributed by atoms with Crippen molar-refractivity contribution in [3.63, 3.8) is 0 Å². The van der Waals surface area contributed by atoms with Crippen LogP contribution in [0.5, 0.6) is 0 Å². The van der Waals surface area contributed by atoms with Gasteiger partial charge < -0.3 is 0 Å². The van der Waals surface area contributed by atoms with Gasteiger partial charge in [0, 0.05) is 12.6 Å². The second kappa shape index (κ2) is 5.87. The quantitative estimate of drug-likeness (QED) is 0.621. The minimum Gasteiger partial charge on any atom is -0.248 e. The Morgan fingerprint density at radius 1 is 1.25 bits per heavy atom. The van der Waals surface area contributed by atoms with Crippen molar-refractivity contribution in [1.29, 1.82) is 0 Å². The average Bonchev–Trinajstić information content (AvgIpc) is 2.15. The Morgan fingerprint density at radius 3 is 2.42 bits per heavy atom. The number of hydrogen-bond donors (Lipinski definition) is 0. The number of rotatable bonds is 4. The molecule has 0 aliphatic heterocycles. The van der Waals surface area contributed by atoms with Crippen LogP contribution >= 0.6 is 11.9 Å². The van der Waals surface area contributed by atoms with E-state index in [-0.39, 0.29) is 0 Å². The highest BCUT2D eigenvalue weighted by atomic mass is 32.2. The SMILES string of the molecule is CCCN(SC)C1CCCCC1. The molecule has 0 unspecified atom stereocenters. The number of hydrogen-bond acceptors (Lipinski definition) is 2. The van der Waals surface area contributed by atoms with E-state index >= 15 is 0 Å². The van der Waals surface area contributed by atoms with Crippen molar-refractivity contribution in [3.05, 3.63) is 0 Å².